The van der Waals surface area contributed by atoms with E-state index in [1.165, 1.54) is 30.5 Å². The van der Waals surface area contributed by atoms with Gasteiger partial charge in [0.25, 0.3) is 5.91 Å². The number of halogens is 1. The summed E-state index contributed by atoms with van der Waals surface area (Å²) in [5, 5.41) is 6.44. The van der Waals surface area contributed by atoms with E-state index in [2.05, 4.69) is 25.4 Å². The van der Waals surface area contributed by atoms with E-state index < -0.39 is 0 Å². The fourth-order valence-electron chi connectivity index (χ4n) is 3.73. The second-order valence-electron chi connectivity index (χ2n) is 7.67. The number of carbonyl (C=O) groups excluding carboxylic acids is 2. The SMILES string of the molecule is Cc1noc(CCC(=O)N2CCCC2c2ncc(C(=O)Nc3ccc(F)cc3)c(C)n2)n1. The third-order valence-corrected chi connectivity index (χ3v) is 5.34. The molecule has 1 aromatic carbocycles. The molecule has 0 aliphatic carbocycles. The second-order valence-corrected chi connectivity index (χ2v) is 7.67. The molecular formula is C22H23FN6O3. The second kappa shape index (κ2) is 9.21. The van der Waals surface area contributed by atoms with E-state index in [0.717, 1.165) is 12.8 Å². The van der Waals surface area contributed by atoms with Crippen LogP contribution in [-0.4, -0.2) is 43.4 Å². The van der Waals surface area contributed by atoms with Gasteiger partial charge in [-0.15, -0.1) is 0 Å². The third-order valence-electron chi connectivity index (χ3n) is 5.34. The van der Waals surface area contributed by atoms with Gasteiger partial charge < -0.3 is 14.7 Å². The zero-order chi connectivity index (χ0) is 22.7. The lowest BCUT2D eigenvalue weighted by molar-refractivity contribution is -0.132. The molecule has 32 heavy (non-hydrogen) atoms. The summed E-state index contributed by atoms with van der Waals surface area (Å²) in [6, 6.07) is 5.27. The Balaban J connectivity index is 1.43. The largest absolute Gasteiger partial charge is 0.339 e. The lowest BCUT2D eigenvalue weighted by Gasteiger charge is -2.24. The number of carbonyl (C=O) groups is 2. The molecule has 1 aliphatic rings. The Morgan fingerprint density at radius 1 is 1.22 bits per heavy atom. The fraction of sp³-hybridized carbons (Fsp3) is 0.364. The summed E-state index contributed by atoms with van der Waals surface area (Å²) in [7, 11) is 0. The van der Waals surface area contributed by atoms with Gasteiger partial charge in [0.15, 0.2) is 11.6 Å². The van der Waals surface area contributed by atoms with Crippen molar-refractivity contribution in [3.63, 3.8) is 0 Å². The zero-order valence-electron chi connectivity index (χ0n) is 17.8. The van der Waals surface area contributed by atoms with E-state index in [1.807, 2.05) is 0 Å². The minimum absolute atomic E-state index is 0.0252. The highest BCUT2D eigenvalue weighted by Crippen LogP contribution is 2.31. The van der Waals surface area contributed by atoms with Crippen LogP contribution in [0.25, 0.3) is 0 Å². The van der Waals surface area contributed by atoms with Crippen LogP contribution in [0, 0.1) is 19.7 Å². The number of anilines is 1. The van der Waals surface area contributed by atoms with Crippen LogP contribution in [0.4, 0.5) is 10.1 Å². The number of aromatic nitrogens is 4. The first-order valence-corrected chi connectivity index (χ1v) is 10.4. The molecule has 2 amide bonds. The van der Waals surface area contributed by atoms with Gasteiger partial charge in [0.2, 0.25) is 11.8 Å². The van der Waals surface area contributed by atoms with Crippen LogP contribution in [0.5, 0.6) is 0 Å². The summed E-state index contributed by atoms with van der Waals surface area (Å²) >= 11 is 0. The Kier molecular flexibility index (Phi) is 6.20. The predicted molar refractivity (Wildman–Crippen MR) is 112 cm³/mol. The number of likely N-dealkylation sites (tertiary alicyclic amines) is 1. The summed E-state index contributed by atoms with van der Waals surface area (Å²) in [6.07, 6.45) is 3.72. The van der Waals surface area contributed by atoms with E-state index in [-0.39, 0.29) is 30.1 Å². The van der Waals surface area contributed by atoms with Crippen molar-refractivity contribution in [1.29, 1.82) is 0 Å². The van der Waals surface area contributed by atoms with Crippen molar-refractivity contribution in [3.8, 4) is 0 Å². The molecule has 0 saturated carbocycles. The molecule has 10 heteroatoms. The molecule has 3 heterocycles. The van der Waals surface area contributed by atoms with Crippen LogP contribution in [0.3, 0.4) is 0 Å². The summed E-state index contributed by atoms with van der Waals surface area (Å²) in [4.78, 5) is 40.2. The number of benzene rings is 1. The van der Waals surface area contributed by atoms with E-state index in [9.17, 15) is 14.0 Å². The Bertz CT molecular complexity index is 1130. The molecule has 1 saturated heterocycles. The maximum Gasteiger partial charge on any atom is 0.259 e. The number of hydrogen-bond donors (Lipinski definition) is 1. The molecule has 1 N–H and O–H groups in total. The number of nitrogens with zero attached hydrogens (tertiary/aromatic N) is 5. The van der Waals surface area contributed by atoms with Crippen LogP contribution in [0.1, 0.15) is 58.9 Å². The number of nitrogens with one attached hydrogen (secondary N) is 1. The summed E-state index contributed by atoms with van der Waals surface area (Å²) < 4.78 is 18.1. The lowest BCUT2D eigenvalue weighted by Crippen LogP contribution is -2.32. The number of aryl methyl sites for hydroxylation is 3. The van der Waals surface area contributed by atoms with Crippen molar-refractivity contribution in [2.24, 2.45) is 0 Å². The van der Waals surface area contributed by atoms with Crippen LogP contribution < -0.4 is 5.32 Å². The monoisotopic (exact) mass is 438 g/mol. The molecule has 1 atom stereocenters. The number of rotatable bonds is 6. The van der Waals surface area contributed by atoms with Gasteiger partial charge in [-0.3, -0.25) is 9.59 Å². The fourth-order valence-corrected chi connectivity index (χ4v) is 3.73. The Morgan fingerprint density at radius 3 is 2.69 bits per heavy atom. The van der Waals surface area contributed by atoms with E-state index in [0.29, 0.717) is 47.4 Å². The number of amides is 2. The molecule has 166 valence electrons. The van der Waals surface area contributed by atoms with Gasteiger partial charge in [0.05, 0.1) is 17.3 Å². The molecule has 0 radical (unpaired) electrons. The Labute approximate surface area is 184 Å². The summed E-state index contributed by atoms with van der Waals surface area (Å²) in [6.45, 7) is 4.08. The van der Waals surface area contributed by atoms with Gasteiger partial charge in [-0.05, 0) is 51.0 Å². The molecule has 0 bridgehead atoms. The van der Waals surface area contributed by atoms with Crippen molar-refractivity contribution in [2.45, 2.75) is 45.6 Å². The number of hydrogen-bond acceptors (Lipinski definition) is 7. The minimum Gasteiger partial charge on any atom is -0.339 e. The standard InChI is InChI=1S/C22H23FN6O3/c1-13-17(22(31)27-16-7-5-15(23)6-8-16)12-24-21(25-13)18-4-3-11-29(18)20(30)10-9-19-26-14(2)28-32-19/h5-8,12,18H,3-4,9-11H2,1-2H3,(H,27,31). The highest BCUT2D eigenvalue weighted by Gasteiger charge is 2.32. The minimum atomic E-state index is -0.380. The van der Waals surface area contributed by atoms with Gasteiger partial charge in [0, 0.05) is 31.3 Å². The van der Waals surface area contributed by atoms with Gasteiger partial charge in [0.1, 0.15) is 5.82 Å². The summed E-state index contributed by atoms with van der Waals surface area (Å²) in [5.74, 6) is 0.710. The highest BCUT2D eigenvalue weighted by molar-refractivity contribution is 6.04. The first-order chi connectivity index (χ1) is 15.4. The molecule has 3 aromatic rings. The molecule has 1 fully saturated rings. The average Bonchev–Trinajstić information content (AvgIpc) is 3.42. The van der Waals surface area contributed by atoms with Gasteiger partial charge in [-0.1, -0.05) is 5.16 Å². The van der Waals surface area contributed by atoms with Crippen LogP contribution >= 0.6 is 0 Å². The maximum absolute atomic E-state index is 13.1. The first kappa shape index (κ1) is 21.5. The molecule has 2 aromatic heterocycles. The van der Waals surface area contributed by atoms with E-state index in [1.54, 1.807) is 18.7 Å². The van der Waals surface area contributed by atoms with E-state index in [4.69, 9.17) is 4.52 Å². The predicted octanol–water partition coefficient (Wildman–Crippen LogP) is 3.16. The maximum atomic E-state index is 13.1. The average molecular weight is 438 g/mol. The molecular weight excluding hydrogens is 415 g/mol. The van der Waals surface area contributed by atoms with Crippen molar-refractivity contribution in [2.75, 3.05) is 11.9 Å². The lowest BCUT2D eigenvalue weighted by atomic mass is 10.1. The molecule has 4 rings (SSSR count). The van der Waals surface area contributed by atoms with Gasteiger partial charge in [-0.2, -0.15) is 4.98 Å². The molecule has 9 nitrogen and oxygen atoms in total. The van der Waals surface area contributed by atoms with Gasteiger partial charge in [-0.25, -0.2) is 14.4 Å². The van der Waals surface area contributed by atoms with E-state index >= 15 is 0 Å². The molecule has 0 spiro atoms. The van der Waals surface area contributed by atoms with Gasteiger partial charge >= 0.3 is 0 Å². The Morgan fingerprint density at radius 2 is 2.00 bits per heavy atom. The Hall–Kier alpha value is -3.69. The quantitative estimate of drug-likeness (QED) is 0.629. The first-order valence-electron chi connectivity index (χ1n) is 10.4. The zero-order valence-corrected chi connectivity index (χ0v) is 17.8. The highest BCUT2D eigenvalue weighted by atomic mass is 19.1. The molecule has 1 aliphatic heterocycles. The van der Waals surface area contributed by atoms with Crippen molar-refractivity contribution < 1.29 is 18.5 Å². The summed E-state index contributed by atoms with van der Waals surface area (Å²) in [5.41, 5.74) is 1.31. The van der Waals surface area contributed by atoms with Crippen molar-refractivity contribution >= 4 is 17.5 Å². The molecule has 1 unspecified atom stereocenters. The smallest absolute Gasteiger partial charge is 0.259 e. The van der Waals surface area contributed by atoms with Crippen molar-refractivity contribution in [3.05, 3.63) is 65.1 Å². The third kappa shape index (κ3) is 4.79. The van der Waals surface area contributed by atoms with Crippen LogP contribution in [-0.2, 0) is 11.2 Å². The van der Waals surface area contributed by atoms with Crippen molar-refractivity contribution in [1.82, 2.24) is 25.0 Å². The van der Waals surface area contributed by atoms with Crippen LogP contribution in [0.15, 0.2) is 35.0 Å². The van der Waals surface area contributed by atoms with Crippen LogP contribution in [0.2, 0.25) is 0 Å². The topological polar surface area (TPSA) is 114 Å². The normalized spacial score (nSPS) is 15.7.